The summed E-state index contributed by atoms with van der Waals surface area (Å²) in [6, 6.07) is 33.6. The Labute approximate surface area is 202 Å². The molecule has 1 aromatic heterocycles. The van der Waals surface area contributed by atoms with Crippen LogP contribution >= 0.6 is 0 Å². The molecule has 0 N–H and O–H groups in total. The second kappa shape index (κ2) is 7.81. The molecule has 6 rings (SSSR count). The third kappa shape index (κ3) is 3.12. The fraction of sp³-hybridized carbons (Fsp3) is 0.121. The normalized spacial score (nSPS) is 11.5. The summed E-state index contributed by atoms with van der Waals surface area (Å²) in [6.07, 6.45) is 2.24. The first-order valence-electron chi connectivity index (χ1n) is 11.9. The molecular formula is C33H28N+. The lowest BCUT2D eigenvalue weighted by atomic mass is 9.79. The van der Waals surface area contributed by atoms with Gasteiger partial charge in [-0.2, -0.15) is 0 Å². The van der Waals surface area contributed by atoms with Crippen LogP contribution < -0.4 is 4.57 Å². The van der Waals surface area contributed by atoms with Crippen molar-refractivity contribution < 1.29 is 4.57 Å². The summed E-state index contributed by atoms with van der Waals surface area (Å²) >= 11 is 0. The van der Waals surface area contributed by atoms with Gasteiger partial charge in [0, 0.05) is 17.2 Å². The van der Waals surface area contributed by atoms with E-state index in [2.05, 4.69) is 130 Å². The van der Waals surface area contributed by atoms with Crippen LogP contribution in [0.25, 0.3) is 55.8 Å². The van der Waals surface area contributed by atoms with Crippen LogP contribution in [-0.4, -0.2) is 0 Å². The average molecular weight is 439 g/mol. The predicted molar refractivity (Wildman–Crippen MR) is 143 cm³/mol. The summed E-state index contributed by atoms with van der Waals surface area (Å²) in [5, 5.41) is 0. The number of hydrogen-bond acceptors (Lipinski definition) is 0. The van der Waals surface area contributed by atoms with Crippen LogP contribution in [0.5, 0.6) is 0 Å². The van der Waals surface area contributed by atoms with Gasteiger partial charge in [-0.3, -0.25) is 0 Å². The summed E-state index contributed by atoms with van der Waals surface area (Å²) in [6.45, 7) is 6.62. The summed E-state index contributed by atoms with van der Waals surface area (Å²) < 4.78 is 2.26. The topological polar surface area (TPSA) is 3.88 Å². The summed E-state index contributed by atoms with van der Waals surface area (Å²) in [5.41, 5.74) is 16.8. The highest BCUT2D eigenvalue weighted by Gasteiger charge is 2.24. The van der Waals surface area contributed by atoms with Crippen LogP contribution in [0, 0.1) is 20.8 Å². The first-order valence-corrected chi connectivity index (χ1v) is 11.9. The SMILES string of the molecule is Cc1cc(-c2cc3c(cc2C)-c2ccccc2-c2ccccc2-c2ccccc2-3)[n+](C)cc1C. The standard InChI is InChI=1S/C33H28N/c1-21-18-33(34(4)20-23(21)3)30-19-32-29-16-10-8-14-27(29)25-12-6-5-11-24(25)26-13-7-9-15-28(26)31(32)17-22(30)2/h5-20H,1-4H3/q+1. The van der Waals surface area contributed by atoms with Gasteiger partial charge in [0.1, 0.15) is 7.05 Å². The Morgan fingerprint density at radius 2 is 0.824 bits per heavy atom. The minimum Gasteiger partial charge on any atom is -0.201 e. The van der Waals surface area contributed by atoms with E-state index < -0.39 is 0 Å². The van der Waals surface area contributed by atoms with E-state index >= 15 is 0 Å². The lowest BCUT2D eigenvalue weighted by Gasteiger charge is -2.24. The number of aromatic nitrogens is 1. The number of fused-ring (bicyclic) bond motifs is 8. The molecule has 4 aromatic carbocycles. The molecule has 0 aliphatic heterocycles. The Morgan fingerprint density at radius 1 is 0.412 bits per heavy atom. The maximum absolute atomic E-state index is 2.42. The van der Waals surface area contributed by atoms with Crippen LogP contribution in [0.4, 0.5) is 0 Å². The molecule has 164 valence electrons. The Bertz CT molecular complexity index is 1590. The van der Waals surface area contributed by atoms with E-state index in [1.807, 2.05) is 0 Å². The molecule has 0 saturated carbocycles. The molecule has 1 heterocycles. The van der Waals surface area contributed by atoms with Crippen molar-refractivity contribution in [1.29, 1.82) is 0 Å². The number of aryl methyl sites for hydroxylation is 4. The summed E-state index contributed by atoms with van der Waals surface area (Å²) in [4.78, 5) is 0. The molecule has 0 bridgehead atoms. The van der Waals surface area contributed by atoms with E-state index in [9.17, 15) is 0 Å². The quantitative estimate of drug-likeness (QED) is 0.228. The third-order valence-electron chi connectivity index (χ3n) is 7.32. The van der Waals surface area contributed by atoms with Gasteiger partial charge in [0.2, 0.25) is 5.69 Å². The molecule has 1 nitrogen and oxygen atoms in total. The van der Waals surface area contributed by atoms with Crippen molar-refractivity contribution in [3.8, 4) is 55.8 Å². The number of hydrogen-bond donors (Lipinski definition) is 0. The number of pyridine rings is 1. The van der Waals surface area contributed by atoms with Gasteiger partial charge < -0.3 is 0 Å². The zero-order valence-electron chi connectivity index (χ0n) is 20.2. The molecule has 0 fully saturated rings. The monoisotopic (exact) mass is 438 g/mol. The second-order valence-electron chi connectivity index (χ2n) is 9.49. The van der Waals surface area contributed by atoms with E-state index in [1.165, 1.54) is 72.5 Å². The molecule has 0 saturated heterocycles. The molecule has 0 unspecified atom stereocenters. The van der Waals surface area contributed by atoms with E-state index in [1.54, 1.807) is 0 Å². The first kappa shape index (κ1) is 20.6. The highest BCUT2D eigenvalue weighted by atomic mass is 14.9. The van der Waals surface area contributed by atoms with Gasteiger partial charge >= 0.3 is 0 Å². The minimum atomic E-state index is 1.25. The molecule has 1 heteroatoms. The molecule has 0 atom stereocenters. The highest BCUT2D eigenvalue weighted by Crippen LogP contribution is 2.48. The van der Waals surface area contributed by atoms with Gasteiger partial charge in [0.05, 0.1) is 0 Å². The maximum Gasteiger partial charge on any atom is 0.212 e. The summed E-state index contributed by atoms with van der Waals surface area (Å²) in [5.74, 6) is 0. The van der Waals surface area contributed by atoms with Crippen LogP contribution in [0.2, 0.25) is 0 Å². The van der Waals surface area contributed by atoms with Crippen molar-refractivity contribution in [1.82, 2.24) is 0 Å². The molecular weight excluding hydrogens is 410 g/mol. The predicted octanol–water partition coefficient (Wildman–Crippen LogP) is 8.08. The van der Waals surface area contributed by atoms with Crippen molar-refractivity contribution in [2.24, 2.45) is 7.05 Å². The average Bonchev–Trinajstić information content (AvgIpc) is 2.86. The van der Waals surface area contributed by atoms with E-state index in [0.29, 0.717) is 0 Å². The van der Waals surface area contributed by atoms with Gasteiger partial charge in [0.25, 0.3) is 0 Å². The van der Waals surface area contributed by atoms with Crippen LogP contribution in [-0.2, 0) is 7.05 Å². The molecule has 34 heavy (non-hydrogen) atoms. The zero-order valence-corrected chi connectivity index (χ0v) is 20.2. The summed E-state index contributed by atoms with van der Waals surface area (Å²) in [7, 11) is 2.15. The fourth-order valence-electron chi connectivity index (χ4n) is 5.44. The number of benzene rings is 4. The minimum absolute atomic E-state index is 1.25. The first-order chi connectivity index (χ1) is 16.5. The Balaban J connectivity index is 1.74. The van der Waals surface area contributed by atoms with Crippen LogP contribution in [0.1, 0.15) is 16.7 Å². The molecule has 1 aliphatic carbocycles. The molecule has 5 aromatic rings. The van der Waals surface area contributed by atoms with E-state index in [0.717, 1.165) is 0 Å². The van der Waals surface area contributed by atoms with Crippen molar-refractivity contribution in [2.45, 2.75) is 20.8 Å². The largest absolute Gasteiger partial charge is 0.212 e. The Hall–Kier alpha value is -3.97. The van der Waals surface area contributed by atoms with Crippen LogP contribution in [0.3, 0.4) is 0 Å². The van der Waals surface area contributed by atoms with Crippen molar-refractivity contribution in [3.05, 3.63) is 114 Å². The highest BCUT2D eigenvalue weighted by molar-refractivity contribution is 6.03. The Morgan fingerprint density at radius 3 is 1.29 bits per heavy atom. The number of rotatable bonds is 1. The van der Waals surface area contributed by atoms with Gasteiger partial charge in [0.15, 0.2) is 6.20 Å². The van der Waals surface area contributed by atoms with Gasteiger partial charge in [-0.25, -0.2) is 4.57 Å². The fourth-order valence-corrected chi connectivity index (χ4v) is 5.44. The maximum atomic E-state index is 2.42. The lowest BCUT2D eigenvalue weighted by Crippen LogP contribution is -2.31. The van der Waals surface area contributed by atoms with Crippen molar-refractivity contribution in [3.63, 3.8) is 0 Å². The van der Waals surface area contributed by atoms with Crippen molar-refractivity contribution >= 4 is 0 Å². The van der Waals surface area contributed by atoms with E-state index in [4.69, 9.17) is 0 Å². The van der Waals surface area contributed by atoms with Gasteiger partial charge in [-0.15, -0.1) is 0 Å². The Kier molecular flexibility index (Phi) is 4.74. The second-order valence-corrected chi connectivity index (χ2v) is 9.49. The molecule has 0 spiro atoms. The van der Waals surface area contributed by atoms with E-state index in [-0.39, 0.29) is 0 Å². The third-order valence-corrected chi connectivity index (χ3v) is 7.32. The molecule has 0 radical (unpaired) electrons. The van der Waals surface area contributed by atoms with Gasteiger partial charge in [-0.05, 0) is 88.5 Å². The van der Waals surface area contributed by atoms with Crippen molar-refractivity contribution in [2.75, 3.05) is 0 Å². The number of nitrogens with zero attached hydrogens (tertiary/aromatic N) is 1. The lowest BCUT2D eigenvalue weighted by molar-refractivity contribution is -0.660. The van der Waals surface area contributed by atoms with Gasteiger partial charge in [-0.1, -0.05) is 72.8 Å². The molecule has 0 amide bonds. The zero-order chi connectivity index (χ0) is 23.4. The smallest absolute Gasteiger partial charge is 0.201 e. The molecule has 1 aliphatic rings. The van der Waals surface area contributed by atoms with Crippen LogP contribution in [0.15, 0.2) is 97.2 Å².